The Bertz CT molecular complexity index is 3310. The predicted molar refractivity (Wildman–Crippen MR) is 423 cm³/mol. The fourth-order valence-electron chi connectivity index (χ4n) is 19.4. The molecule has 0 spiro atoms. The van der Waals surface area contributed by atoms with Crippen molar-refractivity contribution in [2.45, 2.75) is 336 Å². The van der Waals surface area contributed by atoms with Crippen molar-refractivity contribution >= 4 is 0 Å². The highest BCUT2D eigenvalue weighted by molar-refractivity contribution is 5.74. The topological polar surface area (TPSA) is 0 Å². The van der Waals surface area contributed by atoms with E-state index in [1.165, 1.54) is 297 Å². The van der Waals surface area contributed by atoms with Crippen molar-refractivity contribution in [3.8, 4) is 22.3 Å². The molecule has 0 aliphatic heterocycles. The van der Waals surface area contributed by atoms with Crippen LogP contribution in [0.1, 0.15) is 330 Å². The SMILES string of the molecule is Cc1cc(-c2c(C)cc(C3CCC(C)CC3)cc2C)cc(C)c1C.Cc1cc(-c2c(C)cc(CCC3CCC(C)CC3)cc2C)cc(C)c1C.Cc1cc(C2CCC(C3CCC(C)CC3)CC2)cc(C)c1C.Cc1cc(C2CCC(CCC3CCC(C)CC3)CC2)cc(C)c1C. The Morgan fingerprint density at radius 3 is 0.771 bits per heavy atom. The maximum absolute atomic E-state index is 2.47. The first-order valence-electron chi connectivity index (χ1n) is 40.3. The number of benzene rings is 6. The molecule has 0 heterocycles. The van der Waals surface area contributed by atoms with Gasteiger partial charge in [-0.25, -0.2) is 0 Å². The number of hydrogen-bond acceptors (Lipinski definition) is 0. The molecule has 0 radical (unpaired) electrons. The van der Waals surface area contributed by atoms with Crippen LogP contribution in [0.15, 0.2) is 72.8 Å². The lowest BCUT2D eigenvalue weighted by atomic mass is 9.68. The van der Waals surface area contributed by atoms with Gasteiger partial charge in [0.05, 0.1) is 0 Å². The van der Waals surface area contributed by atoms with Gasteiger partial charge in [-0.15, -0.1) is 0 Å². The van der Waals surface area contributed by atoms with Crippen LogP contribution in [0.4, 0.5) is 0 Å². The second-order valence-corrected chi connectivity index (χ2v) is 34.8. The van der Waals surface area contributed by atoms with Gasteiger partial charge in [0.15, 0.2) is 0 Å². The molecular formula is C96H140. The minimum atomic E-state index is 0.772. The molecule has 0 bridgehead atoms. The summed E-state index contributed by atoms with van der Waals surface area (Å²) in [5.74, 6) is 11.4. The van der Waals surface area contributed by atoms with Crippen LogP contribution in [0.3, 0.4) is 0 Å². The van der Waals surface area contributed by atoms with Crippen LogP contribution in [-0.4, -0.2) is 0 Å². The average molecular weight is 1290 g/mol. The van der Waals surface area contributed by atoms with Crippen molar-refractivity contribution in [3.63, 3.8) is 0 Å². The molecule has 0 saturated heterocycles. The largest absolute Gasteiger partial charge is 0.0625 e. The summed E-state index contributed by atoms with van der Waals surface area (Å²) in [6.07, 6.45) is 40.5. The minimum absolute atomic E-state index is 0.772. The quantitative estimate of drug-likeness (QED) is 0.115. The molecule has 0 atom stereocenters. The Morgan fingerprint density at radius 2 is 0.448 bits per heavy atom. The second kappa shape index (κ2) is 35.1. The maximum Gasteiger partial charge on any atom is -0.0125 e. The molecule has 12 rings (SSSR count). The summed E-state index contributed by atoms with van der Waals surface area (Å²) in [6, 6.07) is 29.1. The average Bonchev–Trinajstić information content (AvgIpc) is 0.789. The van der Waals surface area contributed by atoms with Crippen LogP contribution in [0.25, 0.3) is 22.3 Å². The van der Waals surface area contributed by atoms with E-state index >= 15 is 0 Å². The van der Waals surface area contributed by atoms with Crippen molar-refractivity contribution < 1.29 is 0 Å². The van der Waals surface area contributed by atoms with Gasteiger partial charge in [0.25, 0.3) is 0 Å². The molecule has 0 N–H and O–H groups in total. The number of aryl methyl sites for hydroxylation is 13. The van der Waals surface area contributed by atoms with Crippen LogP contribution in [0.2, 0.25) is 0 Å². The van der Waals surface area contributed by atoms with E-state index < -0.39 is 0 Å². The fourth-order valence-corrected chi connectivity index (χ4v) is 19.4. The third-order valence-electron chi connectivity index (χ3n) is 27.3. The second-order valence-electron chi connectivity index (χ2n) is 34.8. The van der Waals surface area contributed by atoms with Gasteiger partial charge in [-0.3, -0.25) is 0 Å². The zero-order valence-electron chi connectivity index (χ0n) is 65.7. The summed E-state index contributed by atoms with van der Waals surface area (Å²) in [6.45, 7) is 45.9. The Labute approximate surface area is 592 Å². The Morgan fingerprint density at radius 1 is 0.229 bits per heavy atom. The van der Waals surface area contributed by atoms with Gasteiger partial charge in [-0.2, -0.15) is 0 Å². The summed E-state index contributed by atoms with van der Waals surface area (Å²) in [4.78, 5) is 0. The number of rotatable bonds is 12. The monoisotopic (exact) mass is 1290 g/mol. The van der Waals surface area contributed by atoms with Gasteiger partial charge in [0, 0.05) is 0 Å². The van der Waals surface area contributed by atoms with Crippen LogP contribution in [0, 0.1) is 164 Å². The van der Waals surface area contributed by atoms with Crippen molar-refractivity contribution in [3.05, 3.63) is 184 Å². The van der Waals surface area contributed by atoms with Gasteiger partial charge < -0.3 is 0 Å². The van der Waals surface area contributed by atoms with E-state index in [-0.39, 0.29) is 0 Å². The molecule has 6 aliphatic rings. The molecule has 6 fully saturated rings. The van der Waals surface area contributed by atoms with Crippen molar-refractivity contribution in [2.24, 2.45) is 53.3 Å². The van der Waals surface area contributed by atoms with Crippen molar-refractivity contribution in [2.75, 3.05) is 0 Å². The zero-order valence-corrected chi connectivity index (χ0v) is 65.7. The lowest BCUT2D eigenvalue weighted by Gasteiger charge is -2.37. The Hall–Kier alpha value is -4.68. The molecule has 0 unspecified atom stereocenters. The first-order chi connectivity index (χ1) is 45.8. The third kappa shape index (κ3) is 20.3. The van der Waals surface area contributed by atoms with E-state index in [1.807, 2.05) is 0 Å². The van der Waals surface area contributed by atoms with Crippen LogP contribution < -0.4 is 0 Å². The molecule has 0 aromatic heterocycles. The molecule has 0 nitrogen and oxygen atoms in total. The van der Waals surface area contributed by atoms with E-state index in [0.717, 1.165) is 71.0 Å². The molecule has 6 saturated carbocycles. The minimum Gasteiger partial charge on any atom is -0.0625 e. The number of hydrogen-bond donors (Lipinski definition) is 0. The van der Waals surface area contributed by atoms with Gasteiger partial charge in [0.2, 0.25) is 0 Å². The summed E-state index contributed by atoms with van der Waals surface area (Å²) >= 11 is 0. The van der Waals surface area contributed by atoms with Crippen LogP contribution in [-0.2, 0) is 6.42 Å². The van der Waals surface area contributed by atoms with Crippen LogP contribution >= 0.6 is 0 Å². The molecule has 96 heavy (non-hydrogen) atoms. The fraction of sp³-hybridized carbons (Fsp3) is 0.625. The van der Waals surface area contributed by atoms with E-state index in [0.29, 0.717) is 0 Å². The summed E-state index contributed by atoms with van der Waals surface area (Å²) in [7, 11) is 0. The molecular weight excluding hydrogens is 1150 g/mol. The first-order valence-corrected chi connectivity index (χ1v) is 40.3. The lowest BCUT2D eigenvalue weighted by Crippen LogP contribution is -2.24. The maximum atomic E-state index is 2.47. The normalized spacial score (nSPS) is 26.1. The van der Waals surface area contributed by atoms with E-state index in [2.05, 4.69) is 211 Å². The van der Waals surface area contributed by atoms with E-state index in [4.69, 9.17) is 0 Å². The van der Waals surface area contributed by atoms with E-state index in [9.17, 15) is 0 Å². The highest BCUT2D eigenvalue weighted by Crippen LogP contribution is 2.46. The third-order valence-corrected chi connectivity index (χ3v) is 27.3. The van der Waals surface area contributed by atoms with Gasteiger partial charge in [-0.1, -0.05) is 190 Å². The smallest absolute Gasteiger partial charge is 0.0125 e. The van der Waals surface area contributed by atoms with Crippen molar-refractivity contribution in [1.29, 1.82) is 0 Å². The molecule has 524 valence electrons. The van der Waals surface area contributed by atoms with Crippen LogP contribution in [0.5, 0.6) is 0 Å². The molecule has 6 aromatic carbocycles. The predicted octanol–water partition coefficient (Wildman–Crippen LogP) is 29.0. The van der Waals surface area contributed by atoms with Gasteiger partial charge in [-0.05, 0) is 405 Å². The van der Waals surface area contributed by atoms with Crippen molar-refractivity contribution in [1.82, 2.24) is 0 Å². The Balaban J connectivity index is 0.000000150. The summed E-state index contributed by atoms with van der Waals surface area (Å²) < 4.78 is 0. The molecule has 6 aromatic rings. The van der Waals surface area contributed by atoms with Gasteiger partial charge in [0.1, 0.15) is 0 Å². The highest BCUT2D eigenvalue weighted by Gasteiger charge is 2.32. The summed E-state index contributed by atoms with van der Waals surface area (Å²) in [5.41, 5.74) is 35.0. The summed E-state index contributed by atoms with van der Waals surface area (Å²) in [5, 5.41) is 0. The molecule has 0 heteroatoms. The lowest BCUT2D eigenvalue weighted by molar-refractivity contribution is 0.165. The van der Waals surface area contributed by atoms with Gasteiger partial charge >= 0.3 is 0 Å². The molecule has 6 aliphatic carbocycles. The zero-order chi connectivity index (χ0) is 69.1. The Kier molecular flexibility index (Phi) is 27.6. The van der Waals surface area contributed by atoms with E-state index in [1.54, 1.807) is 16.7 Å². The highest BCUT2D eigenvalue weighted by atomic mass is 14.4. The standard InChI is InChI=1S/C26H36.C24H32.C24H38.C22H34/c1-17-7-9-23(10-8-17)11-12-24-13-20(4)26(21(5)14-24)25-15-18(2)22(6)19(3)16-25;1-15-7-9-21(10-8-15)22-13-18(4)24(19(5)14-22)23-11-16(2)20(6)17(3)12-23;1-17-5-7-21(8-6-17)9-10-22-11-13-23(14-12-22)24-15-18(2)20(4)19(3)16-24;1-15-5-7-19(8-6-15)20-9-11-21(12-10-20)22-13-16(2)18(4)17(3)14-22/h13-17,23H,7-12H2,1-6H3;11-15,21H,7-10H2,1-6H3;15-17,21-23H,5-14H2,1-4H3;13-15,19-21H,5-12H2,1-4H3. The molecule has 0 amide bonds. The first kappa shape index (κ1) is 75.5.